The van der Waals surface area contributed by atoms with Gasteiger partial charge in [0.15, 0.2) is 0 Å². The molecule has 2 bridgehead atoms. The molecule has 3 aromatic rings. The van der Waals surface area contributed by atoms with Gasteiger partial charge in [-0.15, -0.1) is 0 Å². The first-order valence-electron chi connectivity index (χ1n) is 10.5. The molecule has 4 atom stereocenters. The summed E-state index contributed by atoms with van der Waals surface area (Å²) in [6, 6.07) is 23.5. The molecule has 31 heavy (non-hydrogen) atoms. The molecule has 0 radical (unpaired) electrons. The van der Waals surface area contributed by atoms with Crippen molar-refractivity contribution in [2.45, 2.75) is 18.3 Å². The van der Waals surface area contributed by atoms with E-state index in [1.54, 1.807) is 4.90 Å². The Hall–Kier alpha value is -3.44. The Morgan fingerprint density at radius 1 is 1.03 bits per heavy atom. The van der Waals surface area contributed by atoms with Gasteiger partial charge in [0, 0.05) is 5.39 Å². The van der Waals surface area contributed by atoms with Gasteiger partial charge in [0.2, 0.25) is 5.91 Å². The highest BCUT2D eigenvalue weighted by molar-refractivity contribution is 6.08. The molecule has 0 unspecified atom stereocenters. The van der Waals surface area contributed by atoms with Crippen LogP contribution in [0.5, 0.6) is 0 Å². The normalized spacial score (nSPS) is 28.3. The number of ether oxygens (including phenoxy) is 2. The fourth-order valence-corrected chi connectivity index (χ4v) is 5.24. The van der Waals surface area contributed by atoms with Gasteiger partial charge in [0.05, 0.1) is 24.3 Å². The van der Waals surface area contributed by atoms with Gasteiger partial charge in [-0.05, 0) is 17.0 Å². The van der Waals surface area contributed by atoms with E-state index < -0.39 is 23.5 Å². The molecule has 2 fully saturated rings. The molecule has 3 aliphatic rings. The van der Waals surface area contributed by atoms with Crippen LogP contribution in [0, 0.1) is 11.8 Å². The summed E-state index contributed by atoms with van der Waals surface area (Å²) >= 11 is 0. The predicted molar refractivity (Wildman–Crippen MR) is 116 cm³/mol. The van der Waals surface area contributed by atoms with Crippen molar-refractivity contribution >= 4 is 28.3 Å². The molecular formula is C26H21NO4. The number of nitrogens with zero attached hydrogens (tertiary/aromatic N) is 1. The van der Waals surface area contributed by atoms with Crippen molar-refractivity contribution in [2.75, 3.05) is 11.4 Å². The monoisotopic (exact) mass is 411 g/mol. The standard InChI is InChI=1S/C26H21NO4/c28-24-23-22(25(29)30-15-17-7-2-1-3-8-17)21-13-14-26(23,31-21)16-27(24)20-12-6-10-18-9-4-5-11-19(18)20/h1-14,21-23H,15-16H2/t21-,22+,23+,26-/m1/s1. The highest BCUT2D eigenvalue weighted by Gasteiger charge is 2.67. The molecule has 5 heteroatoms. The molecule has 0 aromatic heterocycles. The molecule has 154 valence electrons. The maximum Gasteiger partial charge on any atom is 0.313 e. The Balaban J connectivity index is 1.30. The Kier molecular flexibility index (Phi) is 4.02. The molecule has 2 saturated heterocycles. The third-order valence-corrected chi connectivity index (χ3v) is 6.65. The third kappa shape index (κ3) is 2.73. The Morgan fingerprint density at radius 2 is 1.81 bits per heavy atom. The van der Waals surface area contributed by atoms with Crippen molar-refractivity contribution in [3.8, 4) is 0 Å². The van der Waals surface area contributed by atoms with Gasteiger partial charge in [0.25, 0.3) is 0 Å². The Bertz CT molecular complexity index is 1220. The summed E-state index contributed by atoms with van der Waals surface area (Å²) in [5, 5.41) is 2.08. The third-order valence-electron chi connectivity index (χ3n) is 6.65. The molecule has 1 amide bonds. The zero-order valence-electron chi connectivity index (χ0n) is 16.8. The van der Waals surface area contributed by atoms with Gasteiger partial charge in [0.1, 0.15) is 18.1 Å². The zero-order chi connectivity index (χ0) is 21.0. The first-order chi connectivity index (χ1) is 15.2. The second kappa shape index (κ2) is 6.79. The van der Waals surface area contributed by atoms with Crippen LogP contribution in [0.2, 0.25) is 0 Å². The van der Waals surface area contributed by atoms with Crippen LogP contribution in [-0.4, -0.2) is 30.1 Å². The maximum absolute atomic E-state index is 13.6. The molecule has 3 heterocycles. The number of rotatable bonds is 4. The van der Waals surface area contributed by atoms with Crippen molar-refractivity contribution in [3.63, 3.8) is 0 Å². The summed E-state index contributed by atoms with van der Waals surface area (Å²) in [6.45, 7) is 0.591. The lowest BCUT2D eigenvalue weighted by atomic mass is 9.77. The summed E-state index contributed by atoms with van der Waals surface area (Å²) in [5.41, 5.74) is 0.999. The first-order valence-corrected chi connectivity index (χ1v) is 10.5. The second-order valence-electron chi connectivity index (χ2n) is 8.42. The summed E-state index contributed by atoms with van der Waals surface area (Å²) in [5.74, 6) is -1.64. The number of hydrogen-bond donors (Lipinski definition) is 0. The van der Waals surface area contributed by atoms with Gasteiger partial charge in [-0.2, -0.15) is 0 Å². The highest BCUT2D eigenvalue weighted by atomic mass is 16.6. The lowest BCUT2D eigenvalue weighted by Gasteiger charge is -2.23. The van der Waals surface area contributed by atoms with E-state index in [1.165, 1.54) is 0 Å². The van der Waals surface area contributed by atoms with Crippen molar-refractivity contribution in [1.29, 1.82) is 0 Å². The molecule has 5 nitrogen and oxygen atoms in total. The minimum atomic E-state index is -0.769. The maximum atomic E-state index is 13.6. The Morgan fingerprint density at radius 3 is 2.68 bits per heavy atom. The molecule has 0 N–H and O–H groups in total. The molecule has 6 rings (SSSR count). The topological polar surface area (TPSA) is 55.8 Å². The van der Waals surface area contributed by atoms with Gasteiger partial charge >= 0.3 is 5.97 Å². The SMILES string of the molecule is O=C(OCc1ccccc1)[C@@H]1[C@H]2C(=O)N(c3cccc4ccccc34)C[C@]23C=C[C@H]1O3. The van der Waals surface area contributed by atoms with E-state index in [-0.39, 0.29) is 18.5 Å². The number of esters is 1. The minimum absolute atomic E-state index is 0.0788. The van der Waals surface area contributed by atoms with Crippen molar-refractivity contribution in [2.24, 2.45) is 11.8 Å². The number of anilines is 1. The molecule has 1 spiro atoms. The highest BCUT2D eigenvalue weighted by Crippen LogP contribution is 2.53. The molecule has 0 aliphatic carbocycles. The number of fused-ring (bicyclic) bond motifs is 2. The predicted octanol–water partition coefficient (Wildman–Crippen LogP) is 3.87. The summed E-state index contributed by atoms with van der Waals surface area (Å²) < 4.78 is 11.8. The average Bonchev–Trinajstić information content (AvgIpc) is 3.46. The number of benzene rings is 3. The van der Waals surface area contributed by atoms with Crippen molar-refractivity contribution in [3.05, 3.63) is 90.5 Å². The van der Waals surface area contributed by atoms with Crippen LogP contribution in [0.3, 0.4) is 0 Å². The molecular weight excluding hydrogens is 390 g/mol. The van der Waals surface area contributed by atoms with Crippen LogP contribution in [0.15, 0.2) is 84.9 Å². The summed E-state index contributed by atoms with van der Waals surface area (Å²) in [4.78, 5) is 28.4. The van der Waals surface area contributed by atoms with Crippen LogP contribution in [0.1, 0.15) is 5.56 Å². The van der Waals surface area contributed by atoms with E-state index in [0.29, 0.717) is 6.54 Å². The van der Waals surface area contributed by atoms with E-state index in [4.69, 9.17) is 9.47 Å². The number of hydrogen-bond acceptors (Lipinski definition) is 4. The van der Waals surface area contributed by atoms with Crippen LogP contribution in [-0.2, 0) is 25.7 Å². The minimum Gasteiger partial charge on any atom is -0.460 e. The molecule has 0 saturated carbocycles. The van der Waals surface area contributed by atoms with Gasteiger partial charge in [-0.25, -0.2) is 0 Å². The fourth-order valence-electron chi connectivity index (χ4n) is 5.24. The van der Waals surface area contributed by atoms with Crippen molar-refractivity contribution < 1.29 is 19.1 Å². The summed E-state index contributed by atoms with van der Waals surface area (Å²) in [7, 11) is 0. The van der Waals surface area contributed by atoms with Crippen LogP contribution in [0.25, 0.3) is 10.8 Å². The number of amides is 1. The van der Waals surface area contributed by atoms with E-state index >= 15 is 0 Å². The number of carbonyl (C=O) groups excluding carboxylic acids is 2. The second-order valence-corrected chi connectivity index (χ2v) is 8.42. The summed E-state index contributed by atoms with van der Waals surface area (Å²) in [6.07, 6.45) is 3.46. The smallest absolute Gasteiger partial charge is 0.313 e. The molecule has 3 aliphatic heterocycles. The number of carbonyl (C=O) groups is 2. The van der Waals surface area contributed by atoms with E-state index in [0.717, 1.165) is 22.0 Å². The van der Waals surface area contributed by atoms with Gasteiger partial charge in [-0.3, -0.25) is 9.59 Å². The fraction of sp³-hybridized carbons (Fsp3) is 0.231. The lowest BCUT2D eigenvalue weighted by Crippen LogP contribution is -2.40. The Labute approximate surface area is 179 Å². The van der Waals surface area contributed by atoms with Gasteiger partial charge < -0.3 is 14.4 Å². The van der Waals surface area contributed by atoms with Crippen LogP contribution < -0.4 is 4.90 Å². The van der Waals surface area contributed by atoms with E-state index in [9.17, 15) is 9.59 Å². The average molecular weight is 411 g/mol. The van der Waals surface area contributed by atoms with Crippen LogP contribution >= 0.6 is 0 Å². The lowest BCUT2D eigenvalue weighted by molar-refractivity contribution is -0.153. The first kappa shape index (κ1) is 18.3. The largest absolute Gasteiger partial charge is 0.460 e. The van der Waals surface area contributed by atoms with E-state index in [2.05, 4.69) is 0 Å². The van der Waals surface area contributed by atoms with Crippen LogP contribution in [0.4, 0.5) is 5.69 Å². The quantitative estimate of drug-likeness (QED) is 0.483. The zero-order valence-corrected chi connectivity index (χ0v) is 16.8. The molecule has 3 aromatic carbocycles. The van der Waals surface area contributed by atoms with E-state index in [1.807, 2.05) is 84.9 Å². The van der Waals surface area contributed by atoms with Crippen molar-refractivity contribution in [1.82, 2.24) is 0 Å². The van der Waals surface area contributed by atoms with Gasteiger partial charge in [-0.1, -0.05) is 78.9 Å².